The predicted octanol–water partition coefficient (Wildman–Crippen LogP) is 2.09. The van der Waals surface area contributed by atoms with Crippen LogP contribution in [0.4, 0.5) is 0 Å². The molecule has 0 aliphatic carbocycles. The van der Waals surface area contributed by atoms with Crippen molar-refractivity contribution in [1.29, 1.82) is 0 Å². The van der Waals surface area contributed by atoms with Crippen LogP contribution in [0.3, 0.4) is 0 Å². The van der Waals surface area contributed by atoms with Gasteiger partial charge in [0.1, 0.15) is 5.92 Å². The van der Waals surface area contributed by atoms with Gasteiger partial charge in [-0.05, 0) is 24.5 Å². The highest BCUT2D eigenvalue weighted by Gasteiger charge is 2.40. The van der Waals surface area contributed by atoms with Crippen molar-refractivity contribution in [1.82, 2.24) is 4.90 Å². The van der Waals surface area contributed by atoms with E-state index in [1.165, 1.54) is 0 Å². The van der Waals surface area contributed by atoms with Gasteiger partial charge >= 0.3 is 5.97 Å². The SMILES string of the molecule is CSC1CCN(C(=O)C(C(=O)O)C(C)(C)C)CC1. The van der Waals surface area contributed by atoms with Crippen LogP contribution in [0.2, 0.25) is 0 Å². The van der Waals surface area contributed by atoms with Crippen LogP contribution in [-0.4, -0.2) is 46.5 Å². The maximum atomic E-state index is 12.3. The Morgan fingerprint density at radius 2 is 1.78 bits per heavy atom. The molecule has 1 rings (SSSR count). The molecule has 1 atom stereocenters. The van der Waals surface area contributed by atoms with Crippen molar-refractivity contribution in [3.63, 3.8) is 0 Å². The van der Waals surface area contributed by atoms with Crippen LogP contribution in [0.1, 0.15) is 33.6 Å². The van der Waals surface area contributed by atoms with Crippen molar-refractivity contribution in [3.05, 3.63) is 0 Å². The first-order valence-electron chi connectivity index (χ1n) is 6.31. The molecule has 1 amide bonds. The molecule has 0 radical (unpaired) electrons. The number of carbonyl (C=O) groups excluding carboxylic acids is 1. The quantitative estimate of drug-likeness (QED) is 0.800. The number of nitrogens with zero attached hydrogens (tertiary/aromatic N) is 1. The van der Waals surface area contributed by atoms with Crippen LogP contribution >= 0.6 is 11.8 Å². The lowest BCUT2D eigenvalue weighted by Gasteiger charge is -2.36. The zero-order chi connectivity index (χ0) is 13.9. The van der Waals surface area contributed by atoms with Gasteiger partial charge in [0.25, 0.3) is 0 Å². The van der Waals surface area contributed by atoms with Gasteiger partial charge in [-0.3, -0.25) is 9.59 Å². The van der Waals surface area contributed by atoms with Crippen molar-refractivity contribution in [2.75, 3.05) is 19.3 Å². The molecule has 4 nitrogen and oxygen atoms in total. The average molecular weight is 273 g/mol. The van der Waals surface area contributed by atoms with Gasteiger partial charge in [-0.25, -0.2) is 0 Å². The number of carbonyl (C=O) groups is 2. The Bertz CT molecular complexity index is 317. The summed E-state index contributed by atoms with van der Waals surface area (Å²) in [5.41, 5.74) is -0.542. The Kier molecular flexibility index (Phi) is 5.08. The van der Waals surface area contributed by atoms with E-state index in [4.69, 9.17) is 0 Å². The van der Waals surface area contributed by atoms with E-state index in [1.54, 1.807) is 25.7 Å². The summed E-state index contributed by atoms with van der Waals surface area (Å²) in [6, 6.07) is 0. The Morgan fingerprint density at radius 1 is 1.28 bits per heavy atom. The van der Waals surface area contributed by atoms with Crippen LogP contribution in [0.25, 0.3) is 0 Å². The molecule has 1 aliphatic heterocycles. The fourth-order valence-electron chi connectivity index (χ4n) is 2.34. The molecule has 1 unspecified atom stereocenters. The number of likely N-dealkylation sites (tertiary alicyclic amines) is 1. The van der Waals surface area contributed by atoms with E-state index in [9.17, 15) is 14.7 Å². The molecule has 18 heavy (non-hydrogen) atoms. The molecular weight excluding hydrogens is 250 g/mol. The summed E-state index contributed by atoms with van der Waals surface area (Å²) in [6.45, 7) is 6.78. The monoisotopic (exact) mass is 273 g/mol. The van der Waals surface area contributed by atoms with E-state index in [0.717, 1.165) is 12.8 Å². The second-order valence-electron chi connectivity index (χ2n) is 5.90. The third-order valence-corrected chi connectivity index (χ3v) is 4.58. The zero-order valence-electron chi connectivity index (χ0n) is 11.6. The molecule has 1 saturated heterocycles. The normalized spacial score (nSPS) is 19.7. The number of carboxylic acid groups (broad SMARTS) is 1. The molecule has 1 fully saturated rings. The summed E-state index contributed by atoms with van der Waals surface area (Å²) in [6.07, 6.45) is 4.00. The van der Waals surface area contributed by atoms with Crippen LogP contribution in [0.5, 0.6) is 0 Å². The number of thioether (sulfide) groups is 1. The van der Waals surface area contributed by atoms with Gasteiger partial charge in [0.15, 0.2) is 0 Å². The molecule has 5 heteroatoms. The number of piperidine rings is 1. The summed E-state index contributed by atoms with van der Waals surface area (Å²) in [7, 11) is 0. The van der Waals surface area contributed by atoms with Gasteiger partial charge in [-0.2, -0.15) is 11.8 Å². The lowest BCUT2D eigenvalue weighted by atomic mass is 9.79. The Morgan fingerprint density at radius 3 is 2.11 bits per heavy atom. The molecule has 0 bridgehead atoms. The maximum Gasteiger partial charge on any atom is 0.316 e. The van der Waals surface area contributed by atoms with Gasteiger partial charge in [0.2, 0.25) is 5.91 Å². The third-order valence-electron chi connectivity index (χ3n) is 3.45. The van der Waals surface area contributed by atoms with Gasteiger partial charge < -0.3 is 10.0 Å². The summed E-state index contributed by atoms with van der Waals surface area (Å²) in [5, 5.41) is 9.86. The smallest absolute Gasteiger partial charge is 0.316 e. The standard InChI is InChI=1S/C13H23NO3S/c1-13(2,3)10(12(16)17)11(15)14-7-5-9(18-4)6-8-14/h9-10H,5-8H2,1-4H3,(H,16,17). The number of aliphatic carboxylic acids is 1. The van der Waals surface area contributed by atoms with Crippen LogP contribution in [0, 0.1) is 11.3 Å². The highest BCUT2D eigenvalue weighted by Crippen LogP contribution is 2.30. The van der Waals surface area contributed by atoms with Crippen molar-refractivity contribution >= 4 is 23.6 Å². The topological polar surface area (TPSA) is 57.6 Å². The van der Waals surface area contributed by atoms with Crippen LogP contribution in [0.15, 0.2) is 0 Å². The Balaban J connectivity index is 2.71. The molecular formula is C13H23NO3S. The predicted molar refractivity (Wildman–Crippen MR) is 73.7 cm³/mol. The first-order valence-corrected chi connectivity index (χ1v) is 7.60. The van der Waals surface area contributed by atoms with E-state index in [1.807, 2.05) is 11.8 Å². The fourth-order valence-corrected chi connectivity index (χ4v) is 3.02. The minimum absolute atomic E-state index is 0.227. The van der Waals surface area contributed by atoms with Gasteiger partial charge in [0, 0.05) is 18.3 Å². The number of amides is 1. The summed E-state index contributed by atoms with van der Waals surface area (Å²) in [5.74, 6) is -2.18. The Labute approximate surface area is 113 Å². The average Bonchev–Trinajstić information content (AvgIpc) is 2.26. The van der Waals surface area contributed by atoms with Crippen molar-refractivity contribution in [3.8, 4) is 0 Å². The van der Waals surface area contributed by atoms with Gasteiger partial charge in [-0.15, -0.1) is 0 Å². The lowest BCUT2D eigenvalue weighted by Crippen LogP contribution is -2.48. The van der Waals surface area contributed by atoms with Crippen molar-refractivity contribution < 1.29 is 14.7 Å². The van der Waals surface area contributed by atoms with E-state index in [0.29, 0.717) is 18.3 Å². The summed E-state index contributed by atoms with van der Waals surface area (Å²) >= 11 is 1.83. The number of carboxylic acids is 1. The molecule has 1 heterocycles. The largest absolute Gasteiger partial charge is 0.481 e. The number of hydrogen-bond acceptors (Lipinski definition) is 3. The van der Waals surface area contributed by atoms with E-state index >= 15 is 0 Å². The highest BCUT2D eigenvalue weighted by atomic mass is 32.2. The molecule has 1 N–H and O–H groups in total. The van der Waals surface area contributed by atoms with E-state index in [-0.39, 0.29) is 5.91 Å². The molecule has 1 aliphatic rings. The summed E-state index contributed by atoms with van der Waals surface area (Å²) < 4.78 is 0. The lowest BCUT2D eigenvalue weighted by molar-refractivity contribution is -0.156. The molecule has 104 valence electrons. The number of rotatable bonds is 3. The minimum atomic E-state index is -1.01. The zero-order valence-corrected chi connectivity index (χ0v) is 12.4. The second-order valence-corrected chi connectivity index (χ2v) is 7.04. The molecule has 0 aromatic rings. The van der Waals surface area contributed by atoms with E-state index < -0.39 is 17.3 Å². The van der Waals surface area contributed by atoms with E-state index in [2.05, 4.69) is 6.26 Å². The molecule has 0 spiro atoms. The van der Waals surface area contributed by atoms with Crippen LogP contribution < -0.4 is 0 Å². The van der Waals surface area contributed by atoms with Crippen molar-refractivity contribution in [2.24, 2.45) is 11.3 Å². The van der Waals surface area contributed by atoms with Crippen molar-refractivity contribution in [2.45, 2.75) is 38.9 Å². The number of hydrogen-bond donors (Lipinski definition) is 1. The van der Waals surface area contributed by atoms with Crippen LogP contribution in [-0.2, 0) is 9.59 Å². The second kappa shape index (κ2) is 5.95. The first kappa shape index (κ1) is 15.3. The first-order chi connectivity index (χ1) is 8.27. The van der Waals surface area contributed by atoms with Gasteiger partial charge in [-0.1, -0.05) is 20.8 Å². The molecule has 0 aromatic carbocycles. The maximum absolute atomic E-state index is 12.3. The molecule has 0 aromatic heterocycles. The third kappa shape index (κ3) is 3.64. The summed E-state index contributed by atoms with van der Waals surface area (Å²) in [4.78, 5) is 25.3. The minimum Gasteiger partial charge on any atom is -0.481 e. The molecule has 0 saturated carbocycles. The van der Waals surface area contributed by atoms with Gasteiger partial charge in [0.05, 0.1) is 0 Å². The fraction of sp³-hybridized carbons (Fsp3) is 0.846. The highest BCUT2D eigenvalue weighted by molar-refractivity contribution is 7.99. The Hall–Kier alpha value is -0.710.